The Morgan fingerprint density at radius 1 is 1.35 bits per heavy atom. The lowest BCUT2D eigenvalue weighted by Gasteiger charge is -2.12. The molecular weight excluding hydrogens is 254 g/mol. The minimum Gasteiger partial charge on any atom is -0.387 e. The molecule has 0 atom stereocenters. The molecule has 0 aliphatic rings. The molecule has 0 bridgehead atoms. The van der Waals surface area contributed by atoms with Crippen molar-refractivity contribution in [2.24, 2.45) is 0 Å². The Hall–Kier alpha value is -1.98. The third-order valence-corrected chi connectivity index (χ3v) is 1.52. The Kier molecular flexibility index (Phi) is 3.45. The van der Waals surface area contributed by atoms with Gasteiger partial charge in [-0.2, -0.15) is 10.2 Å². The summed E-state index contributed by atoms with van der Waals surface area (Å²) in [5.41, 5.74) is -2.44. The van der Waals surface area contributed by atoms with Gasteiger partial charge in [0.05, 0.1) is 5.56 Å². The molecule has 0 amide bonds. The maximum Gasteiger partial charge on any atom is 0.574 e. The Morgan fingerprint density at radius 2 is 1.94 bits per heavy atom. The molecule has 0 aliphatic heterocycles. The maximum atomic E-state index is 12.9. The number of nitrogens with zero attached hydrogens (tertiary/aromatic N) is 2. The fourth-order valence-corrected chi connectivity index (χ4v) is 0.912. The number of halogens is 6. The first kappa shape index (κ1) is 13.1. The van der Waals surface area contributed by atoms with Gasteiger partial charge in [0.1, 0.15) is 6.07 Å². The summed E-state index contributed by atoms with van der Waals surface area (Å²) in [6, 6.07) is 1.19. The maximum absolute atomic E-state index is 12.9. The number of rotatable bonds is 2. The van der Waals surface area contributed by atoms with Crippen molar-refractivity contribution in [1.82, 2.24) is 4.98 Å². The van der Waals surface area contributed by atoms with Crippen LogP contribution in [0.4, 0.5) is 26.3 Å². The largest absolute Gasteiger partial charge is 0.574 e. The molecular formula is C8H2F6N2O. The summed E-state index contributed by atoms with van der Waals surface area (Å²) in [5, 5.41) is 8.29. The van der Waals surface area contributed by atoms with Gasteiger partial charge in [-0.3, -0.25) is 0 Å². The van der Waals surface area contributed by atoms with E-state index < -0.39 is 35.7 Å². The van der Waals surface area contributed by atoms with Crippen molar-refractivity contribution in [3.8, 4) is 11.9 Å². The van der Waals surface area contributed by atoms with Crippen LogP contribution in [0.25, 0.3) is 0 Å². The predicted octanol–water partition coefficient (Wildman–Crippen LogP) is 2.93. The topological polar surface area (TPSA) is 45.9 Å². The van der Waals surface area contributed by atoms with E-state index >= 15 is 0 Å². The van der Waals surface area contributed by atoms with E-state index in [-0.39, 0.29) is 6.07 Å². The van der Waals surface area contributed by atoms with E-state index in [4.69, 9.17) is 5.26 Å². The van der Waals surface area contributed by atoms with Gasteiger partial charge < -0.3 is 4.74 Å². The molecule has 92 valence electrons. The van der Waals surface area contributed by atoms with Crippen molar-refractivity contribution in [1.29, 1.82) is 5.26 Å². The standard InChI is InChI=1S/C8H2F6N2O/c9-4-1-3(6(10)11)7(16-5(4)2-15)17-8(12,13)14/h1,6H. The highest BCUT2D eigenvalue weighted by molar-refractivity contribution is 5.35. The number of pyridine rings is 1. The molecule has 0 saturated heterocycles. The number of aromatic nitrogens is 1. The smallest absolute Gasteiger partial charge is 0.387 e. The van der Waals surface area contributed by atoms with Crippen molar-refractivity contribution in [3.63, 3.8) is 0 Å². The highest BCUT2D eigenvalue weighted by atomic mass is 19.4. The van der Waals surface area contributed by atoms with Crippen LogP contribution in [0.5, 0.6) is 5.88 Å². The highest BCUT2D eigenvalue weighted by Crippen LogP contribution is 2.32. The minimum absolute atomic E-state index is 0.0806. The van der Waals surface area contributed by atoms with Crippen LogP contribution in [0, 0.1) is 17.1 Å². The van der Waals surface area contributed by atoms with Gasteiger partial charge in [0.25, 0.3) is 6.43 Å². The van der Waals surface area contributed by atoms with Crippen LogP contribution in [0.2, 0.25) is 0 Å². The summed E-state index contributed by atoms with van der Waals surface area (Å²) in [6.07, 6.45) is -8.68. The molecule has 1 aromatic heterocycles. The Morgan fingerprint density at radius 3 is 2.35 bits per heavy atom. The molecule has 1 aromatic rings. The first-order valence-electron chi connectivity index (χ1n) is 3.89. The monoisotopic (exact) mass is 256 g/mol. The Bertz CT molecular complexity index is 464. The molecule has 0 spiro atoms. The van der Waals surface area contributed by atoms with E-state index in [2.05, 4.69) is 9.72 Å². The van der Waals surface area contributed by atoms with E-state index in [1.165, 1.54) is 0 Å². The normalized spacial score (nSPS) is 11.4. The molecule has 0 fully saturated rings. The molecule has 0 radical (unpaired) electrons. The molecule has 17 heavy (non-hydrogen) atoms. The number of hydrogen-bond acceptors (Lipinski definition) is 3. The highest BCUT2D eigenvalue weighted by Gasteiger charge is 2.35. The predicted molar refractivity (Wildman–Crippen MR) is 40.5 cm³/mol. The van der Waals surface area contributed by atoms with E-state index in [0.29, 0.717) is 0 Å². The SMILES string of the molecule is N#Cc1nc(OC(F)(F)F)c(C(F)F)cc1F. The second-order valence-corrected chi connectivity index (χ2v) is 2.67. The van der Waals surface area contributed by atoms with Crippen molar-refractivity contribution >= 4 is 0 Å². The Balaban J connectivity index is 3.30. The zero-order valence-electron chi connectivity index (χ0n) is 7.73. The summed E-state index contributed by atoms with van der Waals surface area (Å²) in [4.78, 5) is 2.74. The van der Waals surface area contributed by atoms with Crippen LogP contribution >= 0.6 is 0 Å². The van der Waals surface area contributed by atoms with E-state index in [0.717, 1.165) is 6.07 Å². The molecule has 0 saturated carbocycles. The molecule has 9 heteroatoms. The number of nitriles is 1. The second-order valence-electron chi connectivity index (χ2n) is 2.67. The first-order valence-corrected chi connectivity index (χ1v) is 3.89. The van der Waals surface area contributed by atoms with Crippen LogP contribution in [-0.2, 0) is 0 Å². The van der Waals surface area contributed by atoms with Gasteiger partial charge in [-0.15, -0.1) is 13.2 Å². The van der Waals surface area contributed by atoms with Crippen LogP contribution in [0.15, 0.2) is 6.07 Å². The van der Waals surface area contributed by atoms with Gasteiger partial charge in [-0.25, -0.2) is 13.2 Å². The molecule has 0 N–H and O–H groups in total. The molecule has 1 rings (SSSR count). The lowest BCUT2D eigenvalue weighted by Crippen LogP contribution is -2.19. The summed E-state index contributed by atoms with van der Waals surface area (Å²) < 4.78 is 76.1. The third-order valence-electron chi connectivity index (χ3n) is 1.52. The molecule has 0 aliphatic carbocycles. The fraction of sp³-hybridized carbons (Fsp3) is 0.250. The van der Waals surface area contributed by atoms with Crippen molar-refractivity contribution < 1.29 is 31.1 Å². The summed E-state index contributed by atoms with van der Waals surface area (Å²) >= 11 is 0. The van der Waals surface area contributed by atoms with E-state index in [9.17, 15) is 26.3 Å². The zero-order chi connectivity index (χ0) is 13.2. The van der Waals surface area contributed by atoms with Gasteiger partial charge in [-0.1, -0.05) is 0 Å². The number of ether oxygens (including phenoxy) is 1. The minimum atomic E-state index is -5.26. The van der Waals surface area contributed by atoms with Gasteiger partial charge >= 0.3 is 6.36 Å². The second kappa shape index (κ2) is 4.48. The van der Waals surface area contributed by atoms with Crippen LogP contribution in [-0.4, -0.2) is 11.3 Å². The third kappa shape index (κ3) is 3.24. The van der Waals surface area contributed by atoms with Crippen LogP contribution in [0.3, 0.4) is 0 Å². The Labute approximate surface area is 90.2 Å². The number of hydrogen-bond donors (Lipinski definition) is 0. The molecule has 3 nitrogen and oxygen atoms in total. The van der Waals surface area contributed by atoms with E-state index in [1.807, 2.05) is 0 Å². The van der Waals surface area contributed by atoms with Crippen molar-refractivity contribution in [3.05, 3.63) is 23.1 Å². The van der Waals surface area contributed by atoms with Gasteiger partial charge in [-0.05, 0) is 6.07 Å². The molecule has 1 heterocycles. The quantitative estimate of drug-likeness (QED) is 0.764. The van der Waals surface area contributed by atoms with E-state index in [1.54, 1.807) is 0 Å². The van der Waals surface area contributed by atoms with Crippen molar-refractivity contribution in [2.75, 3.05) is 0 Å². The molecule has 0 unspecified atom stereocenters. The fourth-order valence-electron chi connectivity index (χ4n) is 0.912. The summed E-state index contributed by atoms with van der Waals surface area (Å²) in [6.45, 7) is 0. The average Bonchev–Trinajstić information content (AvgIpc) is 2.17. The van der Waals surface area contributed by atoms with Crippen LogP contribution in [0.1, 0.15) is 17.7 Å². The van der Waals surface area contributed by atoms with Gasteiger partial charge in [0.2, 0.25) is 5.88 Å². The lowest BCUT2D eigenvalue weighted by atomic mass is 10.2. The summed E-state index contributed by atoms with van der Waals surface area (Å²) in [7, 11) is 0. The summed E-state index contributed by atoms with van der Waals surface area (Å²) in [5.74, 6) is -2.98. The average molecular weight is 256 g/mol. The van der Waals surface area contributed by atoms with Gasteiger partial charge in [0.15, 0.2) is 11.5 Å². The number of alkyl halides is 5. The van der Waals surface area contributed by atoms with Crippen molar-refractivity contribution in [2.45, 2.75) is 12.8 Å². The zero-order valence-corrected chi connectivity index (χ0v) is 7.73. The lowest BCUT2D eigenvalue weighted by molar-refractivity contribution is -0.276. The first-order chi connectivity index (χ1) is 7.74. The van der Waals surface area contributed by atoms with Gasteiger partial charge in [0, 0.05) is 0 Å². The van der Waals surface area contributed by atoms with Crippen LogP contribution < -0.4 is 4.74 Å². The molecule has 0 aromatic carbocycles.